The zero-order valence-electron chi connectivity index (χ0n) is 14.7. The van der Waals surface area contributed by atoms with Crippen molar-refractivity contribution in [3.8, 4) is 5.75 Å². The lowest BCUT2D eigenvalue weighted by atomic mass is 10.2. The predicted octanol–water partition coefficient (Wildman–Crippen LogP) is 2.14. The average Bonchev–Trinajstić information content (AvgIpc) is 2.66. The summed E-state index contributed by atoms with van der Waals surface area (Å²) in [4.78, 5) is 35.3. The quantitative estimate of drug-likeness (QED) is 0.691. The smallest absolute Gasteiger partial charge is 0.325 e. The van der Waals surface area contributed by atoms with Gasteiger partial charge in [0, 0.05) is 0 Å². The van der Waals surface area contributed by atoms with Crippen molar-refractivity contribution in [2.45, 2.75) is 6.92 Å². The number of amides is 2. The Balaban J connectivity index is 1.78. The molecule has 0 radical (unpaired) electrons. The highest BCUT2D eigenvalue weighted by Crippen LogP contribution is 2.23. The molecule has 0 bridgehead atoms. The molecular formula is C19H19FN2O5. The van der Waals surface area contributed by atoms with Crippen LogP contribution >= 0.6 is 0 Å². The van der Waals surface area contributed by atoms with Crippen LogP contribution in [0.15, 0.2) is 48.5 Å². The first-order chi connectivity index (χ1) is 13.0. The van der Waals surface area contributed by atoms with Crippen LogP contribution in [-0.2, 0) is 14.3 Å². The van der Waals surface area contributed by atoms with Gasteiger partial charge in [-0.3, -0.25) is 14.4 Å². The van der Waals surface area contributed by atoms with Crippen molar-refractivity contribution in [3.05, 3.63) is 59.9 Å². The molecule has 2 aromatic rings. The summed E-state index contributed by atoms with van der Waals surface area (Å²) in [5, 5.41) is 4.80. The standard InChI is InChI=1S/C19H19FN2O5/c1-2-26-16-10-6-5-9-15(16)22-17(23)12-27-18(24)11-21-19(25)13-7-3-4-8-14(13)20/h3-10H,2,11-12H2,1H3,(H,21,25)(H,22,23). The Morgan fingerprint density at radius 2 is 1.74 bits per heavy atom. The summed E-state index contributed by atoms with van der Waals surface area (Å²) in [5.74, 6) is -2.34. The second-order valence-corrected chi connectivity index (χ2v) is 5.30. The molecule has 0 aliphatic carbocycles. The number of para-hydroxylation sites is 2. The monoisotopic (exact) mass is 374 g/mol. The maximum atomic E-state index is 13.5. The molecule has 7 nitrogen and oxygen atoms in total. The van der Waals surface area contributed by atoms with Gasteiger partial charge >= 0.3 is 5.97 Å². The topological polar surface area (TPSA) is 93.7 Å². The number of hydrogen-bond donors (Lipinski definition) is 2. The number of carbonyl (C=O) groups excluding carboxylic acids is 3. The molecule has 8 heteroatoms. The Hall–Kier alpha value is -3.42. The summed E-state index contributed by atoms with van der Waals surface area (Å²) in [6.45, 7) is 1.23. The summed E-state index contributed by atoms with van der Waals surface area (Å²) < 4.78 is 23.6. The third kappa shape index (κ3) is 6.10. The molecule has 0 aliphatic rings. The molecule has 2 N–H and O–H groups in total. The Labute approximate surface area is 155 Å². The number of carbonyl (C=O) groups is 3. The summed E-state index contributed by atoms with van der Waals surface area (Å²) in [5.41, 5.74) is 0.267. The number of esters is 1. The number of rotatable bonds is 8. The van der Waals surface area contributed by atoms with Gasteiger partial charge < -0.3 is 20.1 Å². The third-order valence-electron chi connectivity index (χ3n) is 3.34. The highest BCUT2D eigenvalue weighted by molar-refractivity contribution is 5.97. The first-order valence-electron chi connectivity index (χ1n) is 8.21. The van der Waals surface area contributed by atoms with E-state index in [1.165, 1.54) is 18.2 Å². The number of ether oxygens (including phenoxy) is 2. The lowest BCUT2D eigenvalue weighted by Crippen LogP contribution is -2.32. The number of hydrogen-bond acceptors (Lipinski definition) is 5. The van der Waals surface area contributed by atoms with Gasteiger partial charge in [-0.1, -0.05) is 24.3 Å². The predicted molar refractivity (Wildman–Crippen MR) is 95.9 cm³/mol. The van der Waals surface area contributed by atoms with Gasteiger partial charge in [0.1, 0.15) is 18.1 Å². The minimum absolute atomic E-state index is 0.185. The Bertz CT molecular complexity index is 825. The SMILES string of the molecule is CCOc1ccccc1NC(=O)COC(=O)CNC(=O)c1ccccc1F. The van der Waals surface area contributed by atoms with Crippen LogP contribution in [0.1, 0.15) is 17.3 Å². The molecule has 0 aromatic heterocycles. The highest BCUT2D eigenvalue weighted by atomic mass is 19.1. The van der Waals surface area contributed by atoms with E-state index in [1.807, 2.05) is 6.92 Å². The molecule has 142 valence electrons. The van der Waals surface area contributed by atoms with Crippen LogP contribution < -0.4 is 15.4 Å². The largest absolute Gasteiger partial charge is 0.492 e. The van der Waals surface area contributed by atoms with Crippen molar-refractivity contribution in [1.82, 2.24) is 5.32 Å². The molecule has 0 fully saturated rings. The Morgan fingerprint density at radius 3 is 2.48 bits per heavy atom. The van der Waals surface area contributed by atoms with Gasteiger partial charge in [-0.15, -0.1) is 0 Å². The van der Waals surface area contributed by atoms with E-state index in [0.29, 0.717) is 18.0 Å². The van der Waals surface area contributed by atoms with Crippen LogP contribution in [0.2, 0.25) is 0 Å². The van der Waals surface area contributed by atoms with E-state index < -0.39 is 36.8 Å². The third-order valence-corrected chi connectivity index (χ3v) is 3.34. The van der Waals surface area contributed by atoms with Crippen molar-refractivity contribution in [3.63, 3.8) is 0 Å². The number of benzene rings is 2. The number of nitrogens with one attached hydrogen (secondary N) is 2. The highest BCUT2D eigenvalue weighted by Gasteiger charge is 2.14. The van der Waals surface area contributed by atoms with Gasteiger partial charge in [0.25, 0.3) is 11.8 Å². The van der Waals surface area contributed by atoms with E-state index in [2.05, 4.69) is 10.6 Å². The van der Waals surface area contributed by atoms with E-state index >= 15 is 0 Å². The van der Waals surface area contributed by atoms with Crippen LogP contribution in [0.3, 0.4) is 0 Å². The van der Waals surface area contributed by atoms with Crippen molar-refractivity contribution in [2.24, 2.45) is 0 Å². The fourth-order valence-corrected chi connectivity index (χ4v) is 2.13. The summed E-state index contributed by atoms with van der Waals surface area (Å²) in [6.07, 6.45) is 0. The maximum Gasteiger partial charge on any atom is 0.325 e. The zero-order valence-corrected chi connectivity index (χ0v) is 14.7. The number of halogens is 1. The second-order valence-electron chi connectivity index (χ2n) is 5.30. The van der Waals surface area contributed by atoms with Gasteiger partial charge in [-0.25, -0.2) is 4.39 Å². The molecule has 0 unspecified atom stereocenters. The first kappa shape index (κ1) is 19.9. The van der Waals surface area contributed by atoms with Crippen molar-refractivity contribution in [1.29, 1.82) is 0 Å². The molecule has 0 spiro atoms. The fourth-order valence-electron chi connectivity index (χ4n) is 2.13. The van der Waals surface area contributed by atoms with Crippen LogP contribution in [0.25, 0.3) is 0 Å². The van der Waals surface area contributed by atoms with Crippen molar-refractivity contribution < 1.29 is 28.2 Å². The molecule has 2 rings (SSSR count). The van der Waals surface area contributed by atoms with Gasteiger partial charge in [0.15, 0.2) is 6.61 Å². The van der Waals surface area contributed by atoms with Gasteiger partial charge in [0.2, 0.25) is 0 Å². The summed E-state index contributed by atoms with van der Waals surface area (Å²) >= 11 is 0. The van der Waals surface area contributed by atoms with E-state index in [9.17, 15) is 18.8 Å². The summed E-state index contributed by atoms with van der Waals surface area (Å²) in [7, 11) is 0. The molecule has 0 saturated carbocycles. The lowest BCUT2D eigenvalue weighted by Gasteiger charge is -2.11. The lowest BCUT2D eigenvalue weighted by molar-refractivity contribution is -0.146. The van der Waals surface area contributed by atoms with Crippen LogP contribution in [0.4, 0.5) is 10.1 Å². The minimum Gasteiger partial charge on any atom is -0.492 e. The first-order valence-corrected chi connectivity index (χ1v) is 8.21. The van der Waals surface area contributed by atoms with Crippen LogP contribution in [0.5, 0.6) is 5.75 Å². The van der Waals surface area contributed by atoms with E-state index in [1.54, 1.807) is 24.3 Å². The van der Waals surface area contributed by atoms with Gasteiger partial charge in [-0.2, -0.15) is 0 Å². The zero-order chi connectivity index (χ0) is 19.6. The maximum absolute atomic E-state index is 13.5. The van der Waals surface area contributed by atoms with Crippen molar-refractivity contribution >= 4 is 23.5 Å². The van der Waals surface area contributed by atoms with Crippen LogP contribution in [-0.4, -0.2) is 37.5 Å². The Kier molecular flexibility index (Phi) is 7.30. The number of anilines is 1. The average molecular weight is 374 g/mol. The normalized spacial score (nSPS) is 10.0. The molecule has 2 aromatic carbocycles. The van der Waals surface area contributed by atoms with E-state index in [-0.39, 0.29) is 5.56 Å². The van der Waals surface area contributed by atoms with Crippen molar-refractivity contribution in [2.75, 3.05) is 25.1 Å². The molecule has 0 aliphatic heterocycles. The van der Waals surface area contributed by atoms with Gasteiger partial charge in [0.05, 0.1) is 17.9 Å². The molecule has 0 atom stereocenters. The molecule has 0 heterocycles. The second kappa shape index (κ2) is 9.91. The fraction of sp³-hybridized carbons (Fsp3) is 0.211. The van der Waals surface area contributed by atoms with Crippen LogP contribution in [0, 0.1) is 5.82 Å². The minimum atomic E-state index is -0.826. The summed E-state index contributed by atoms with van der Waals surface area (Å²) in [6, 6.07) is 12.2. The molecule has 0 saturated heterocycles. The Morgan fingerprint density at radius 1 is 1.04 bits per heavy atom. The molecular weight excluding hydrogens is 355 g/mol. The molecule has 2 amide bonds. The molecule has 27 heavy (non-hydrogen) atoms. The van der Waals surface area contributed by atoms with E-state index in [0.717, 1.165) is 6.07 Å². The van der Waals surface area contributed by atoms with Gasteiger partial charge in [-0.05, 0) is 31.2 Å². The van der Waals surface area contributed by atoms with E-state index in [4.69, 9.17) is 9.47 Å².